The van der Waals surface area contributed by atoms with Crippen LogP contribution in [-0.4, -0.2) is 5.91 Å². The van der Waals surface area contributed by atoms with Gasteiger partial charge in [-0.25, -0.2) is 0 Å². The third-order valence-corrected chi connectivity index (χ3v) is 5.79. The molecule has 0 radical (unpaired) electrons. The number of nitrogens with zero attached hydrogens (tertiary/aromatic N) is 2. The van der Waals surface area contributed by atoms with Gasteiger partial charge in [0.1, 0.15) is 24.0 Å². The fourth-order valence-electron chi connectivity index (χ4n) is 3.67. The Balaban J connectivity index is 1.73. The fourth-order valence-corrected chi connectivity index (χ4v) is 3.84. The van der Waals surface area contributed by atoms with Gasteiger partial charge in [0, 0.05) is 21.8 Å². The van der Waals surface area contributed by atoms with Gasteiger partial charge < -0.3 is 10.1 Å². The Labute approximate surface area is 208 Å². The number of rotatable bonds is 6. The highest BCUT2D eigenvalue weighted by Crippen LogP contribution is 2.31. The summed E-state index contributed by atoms with van der Waals surface area (Å²) in [5, 5.41) is 24.2. The molecular formula is C29H20ClN3O2. The van der Waals surface area contributed by atoms with Crippen LogP contribution in [0.4, 0.5) is 5.69 Å². The summed E-state index contributed by atoms with van der Waals surface area (Å²) in [4.78, 5) is 13.0. The van der Waals surface area contributed by atoms with Crippen LogP contribution < -0.4 is 10.1 Å². The number of fused-ring (bicyclic) bond motifs is 1. The van der Waals surface area contributed by atoms with Gasteiger partial charge in [-0.3, -0.25) is 4.79 Å². The van der Waals surface area contributed by atoms with E-state index in [1.807, 2.05) is 55.5 Å². The number of ether oxygens (including phenoxy) is 1. The second-order valence-corrected chi connectivity index (χ2v) is 8.28. The Kier molecular flexibility index (Phi) is 7.12. The molecule has 0 saturated carbocycles. The highest BCUT2D eigenvalue weighted by atomic mass is 35.5. The van der Waals surface area contributed by atoms with E-state index in [0.29, 0.717) is 27.6 Å². The molecule has 0 bridgehead atoms. The number of amides is 1. The molecular weight excluding hydrogens is 458 g/mol. The molecule has 4 aromatic carbocycles. The maximum Gasteiger partial charge on any atom is 0.266 e. The van der Waals surface area contributed by atoms with Crippen molar-refractivity contribution in [1.29, 1.82) is 10.5 Å². The molecule has 0 aliphatic heterocycles. The smallest absolute Gasteiger partial charge is 0.266 e. The van der Waals surface area contributed by atoms with Crippen LogP contribution >= 0.6 is 11.6 Å². The van der Waals surface area contributed by atoms with E-state index in [0.717, 1.165) is 21.9 Å². The van der Waals surface area contributed by atoms with Gasteiger partial charge in [0.15, 0.2) is 0 Å². The summed E-state index contributed by atoms with van der Waals surface area (Å²) in [6.07, 6.45) is 1.53. The molecule has 4 aromatic rings. The van der Waals surface area contributed by atoms with Crippen molar-refractivity contribution in [3.63, 3.8) is 0 Å². The molecule has 6 heteroatoms. The zero-order valence-corrected chi connectivity index (χ0v) is 19.6. The Bertz CT molecular complexity index is 1540. The van der Waals surface area contributed by atoms with Crippen LogP contribution in [0.2, 0.25) is 5.02 Å². The predicted molar refractivity (Wildman–Crippen MR) is 138 cm³/mol. The lowest BCUT2D eigenvalue weighted by Gasteiger charge is -2.14. The molecule has 0 saturated heterocycles. The molecule has 0 aliphatic carbocycles. The molecule has 0 heterocycles. The Morgan fingerprint density at radius 3 is 2.60 bits per heavy atom. The van der Waals surface area contributed by atoms with E-state index < -0.39 is 5.91 Å². The molecule has 4 rings (SSSR count). The number of benzene rings is 4. The molecule has 170 valence electrons. The first-order valence-electron chi connectivity index (χ1n) is 10.8. The summed E-state index contributed by atoms with van der Waals surface area (Å²) in [6.45, 7) is 2.01. The van der Waals surface area contributed by atoms with Gasteiger partial charge in [-0.15, -0.1) is 0 Å². The molecule has 5 nitrogen and oxygen atoms in total. The van der Waals surface area contributed by atoms with Crippen LogP contribution in [0.3, 0.4) is 0 Å². The fraction of sp³-hybridized carbons (Fsp3) is 0.0690. The van der Waals surface area contributed by atoms with Crippen LogP contribution in [0, 0.1) is 29.6 Å². The zero-order chi connectivity index (χ0) is 24.8. The molecule has 0 spiro atoms. The highest BCUT2D eigenvalue weighted by Gasteiger charge is 2.15. The molecule has 0 aliphatic rings. The predicted octanol–water partition coefficient (Wildman–Crippen LogP) is 6.80. The number of hydrogen-bond donors (Lipinski definition) is 1. The first kappa shape index (κ1) is 23.6. The van der Waals surface area contributed by atoms with Crippen LogP contribution in [0.1, 0.15) is 22.3 Å². The van der Waals surface area contributed by atoms with Crippen LogP contribution in [-0.2, 0) is 11.4 Å². The normalized spacial score (nSPS) is 10.9. The molecule has 35 heavy (non-hydrogen) atoms. The average molecular weight is 478 g/mol. The lowest BCUT2D eigenvalue weighted by atomic mass is 10.0. The van der Waals surface area contributed by atoms with Gasteiger partial charge >= 0.3 is 0 Å². The van der Waals surface area contributed by atoms with E-state index in [9.17, 15) is 15.3 Å². The average Bonchev–Trinajstić information content (AvgIpc) is 2.88. The first-order chi connectivity index (χ1) is 17.0. The topological polar surface area (TPSA) is 85.9 Å². The Morgan fingerprint density at radius 1 is 1.03 bits per heavy atom. The molecule has 0 unspecified atom stereocenters. The van der Waals surface area contributed by atoms with Crippen LogP contribution in [0.25, 0.3) is 16.8 Å². The Hall–Kier alpha value is -4.58. The minimum absolute atomic E-state index is 0.0806. The van der Waals surface area contributed by atoms with Gasteiger partial charge in [-0.2, -0.15) is 10.5 Å². The highest BCUT2D eigenvalue weighted by molar-refractivity contribution is 6.31. The summed E-state index contributed by atoms with van der Waals surface area (Å²) in [7, 11) is 0. The standard InChI is InChI=1S/C29H20ClN3O2/c1-19-10-12-24(30)15-27(19)33-29(34)23(17-32)14-26-25-9-5-4-6-20(25)11-13-28(26)35-18-22-8-3-2-7-21(22)16-31/h2-15H,18H2,1H3,(H,33,34)/b23-14-. The molecule has 0 atom stereocenters. The van der Waals surface area contributed by atoms with E-state index in [1.165, 1.54) is 6.08 Å². The summed E-state index contributed by atoms with van der Waals surface area (Å²) >= 11 is 6.07. The van der Waals surface area contributed by atoms with E-state index in [2.05, 4.69) is 11.4 Å². The number of nitrogens with one attached hydrogen (secondary N) is 1. The van der Waals surface area contributed by atoms with Gasteiger partial charge in [0.25, 0.3) is 5.91 Å². The molecule has 1 amide bonds. The molecule has 0 aromatic heterocycles. The second-order valence-electron chi connectivity index (χ2n) is 7.84. The van der Waals surface area contributed by atoms with Crippen molar-refractivity contribution in [2.24, 2.45) is 0 Å². The number of hydrogen-bond acceptors (Lipinski definition) is 4. The van der Waals surface area contributed by atoms with Gasteiger partial charge in [0.05, 0.1) is 11.6 Å². The summed E-state index contributed by atoms with van der Waals surface area (Å²) in [6, 6.07) is 27.9. The van der Waals surface area contributed by atoms with Crippen LogP contribution in [0.15, 0.2) is 84.4 Å². The van der Waals surface area contributed by atoms with Crippen molar-refractivity contribution < 1.29 is 9.53 Å². The van der Waals surface area contributed by atoms with Gasteiger partial charge in [-0.1, -0.05) is 66.2 Å². The van der Waals surface area contributed by atoms with Crippen molar-refractivity contribution in [2.75, 3.05) is 5.32 Å². The van der Waals surface area contributed by atoms with Crippen LogP contribution in [0.5, 0.6) is 5.75 Å². The minimum Gasteiger partial charge on any atom is -0.488 e. The maximum absolute atomic E-state index is 13.0. The van der Waals surface area contributed by atoms with E-state index >= 15 is 0 Å². The Morgan fingerprint density at radius 2 is 1.80 bits per heavy atom. The summed E-state index contributed by atoms with van der Waals surface area (Å²) in [5.41, 5.74) is 3.15. The van der Waals surface area contributed by atoms with E-state index in [-0.39, 0.29) is 12.2 Å². The number of carbonyl (C=O) groups excluding carboxylic acids is 1. The molecule has 1 N–H and O–H groups in total. The number of halogens is 1. The van der Waals surface area contributed by atoms with Gasteiger partial charge in [-0.05, 0) is 53.6 Å². The zero-order valence-electron chi connectivity index (χ0n) is 18.9. The van der Waals surface area contributed by atoms with E-state index in [1.54, 1.807) is 36.4 Å². The largest absolute Gasteiger partial charge is 0.488 e. The monoisotopic (exact) mass is 477 g/mol. The van der Waals surface area contributed by atoms with Crippen molar-refractivity contribution in [3.05, 3.63) is 112 Å². The third-order valence-electron chi connectivity index (χ3n) is 5.55. The summed E-state index contributed by atoms with van der Waals surface area (Å²) in [5.74, 6) is -0.0532. The first-order valence-corrected chi connectivity index (χ1v) is 11.2. The number of carbonyl (C=O) groups is 1. The van der Waals surface area contributed by atoms with Crippen molar-refractivity contribution in [1.82, 2.24) is 0 Å². The van der Waals surface area contributed by atoms with E-state index in [4.69, 9.17) is 16.3 Å². The number of aryl methyl sites for hydroxylation is 1. The molecule has 0 fully saturated rings. The third kappa shape index (κ3) is 5.33. The maximum atomic E-state index is 13.0. The number of nitriles is 2. The van der Waals surface area contributed by atoms with Crippen molar-refractivity contribution in [3.8, 4) is 17.9 Å². The SMILES string of the molecule is Cc1ccc(Cl)cc1NC(=O)/C(C#N)=C\c1c(OCc2ccccc2C#N)ccc2ccccc12. The van der Waals surface area contributed by atoms with Gasteiger partial charge in [0.2, 0.25) is 0 Å². The second kappa shape index (κ2) is 10.6. The quantitative estimate of drug-likeness (QED) is 0.244. The van der Waals surface area contributed by atoms with Crippen molar-refractivity contribution >= 4 is 40.0 Å². The number of anilines is 1. The van der Waals surface area contributed by atoms with Crippen molar-refractivity contribution in [2.45, 2.75) is 13.5 Å². The minimum atomic E-state index is -0.549. The lowest BCUT2D eigenvalue weighted by Crippen LogP contribution is -2.14. The summed E-state index contributed by atoms with van der Waals surface area (Å²) < 4.78 is 6.10. The lowest BCUT2D eigenvalue weighted by molar-refractivity contribution is -0.112.